The number of amides is 2. The highest BCUT2D eigenvalue weighted by atomic mass is 19.4. The second-order valence-electron chi connectivity index (χ2n) is 9.10. The topological polar surface area (TPSA) is 67.9 Å². The van der Waals surface area contributed by atoms with Crippen molar-refractivity contribution in [2.75, 3.05) is 11.9 Å². The van der Waals surface area contributed by atoms with Gasteiger partial charge in [-0.15, -0.1) is 0 Å². The molecule has 1 aromatic carbocycles. The standard InChI is InChI=1S/C22H29F3N2O4/c1-13-19(28)26-16-12-15-14(11-18(16)30-13)7-5-8-17(15)27(10-6-9-22(23,24)25)20(29)31-21(2,3)4/h11-13,17H,5-10H2,1-4H3,(H,26,28)/t13-,17+/m1/s1. The lowest BCUT2D eigenvalue weighted by atomic mass is 9.86. The van der Waals surface area contributed by atoms with Crippen molar-refractivity contribution in [3.8, 4) is 5.75 Å². The SMILES string of the molecule is C[C@H]1Oc2cc3c(cc2NC1=O)[C@@H](N(CCCC(F)(F)F)C(=O)OC(C)(C)C)CCC3. The summed E-state index contributed by atoms with van der Waals surface area (Å²) in [6.45, 7) is 6.75. The first-order valence-corrected chi connectivity index (χ1v) is 10.5. The van der Waals surface area contributed by atoms with E-state index in [2.05, 4.69) is 5.32 Å². The Morgan fingerprint density at radius 3 is 2.65 bits per heavy atom. The number of carbonyl (C=O) groups is 2. The smallest absolute Gasteiger partial charge is 0.410 e. The normalized spacial score (nSPS) is 20.8. The number of aryl methyl sites for hydroxylation is 1. The third kappa shape index (κ3) is 5.83. The summed E-state index contributed by atoms with van der Waals surface area (Å²) in [6, 6.07) is 3.20. The van der Waals surface area contributed by atoms with Gasteiger partial charge in [-0.2, -0.15) is 13.2 Å². The van der Waals surface area contributed by atoms with Crippen LogP contribution in [0.2, 0.25) is 0 Å². The van der Waals surface area contributed by atoms with Gasteiger partial charge in [0.15, 0.2) is 6.10 Å². The summed E-state index contributed by atoms with van der Waals surface area (Å²) in [5, 5.41) is 2.80. The van der Waals surface area contributed by atoms with Gasteiger partial charge in [-0.1, -0.05) is 0 Å². The molecule has 0 bridgehead atoms. The molecule has 0 fully saturated rings. The maximum absolute atomic E-state index is 12.9. The average Bonchev–Trinajstić information content (AvgIpc) is 2.62. The Balaban J connectivity index is 1.91. The van der Waals surface area contributed by atoms with Gasteiger partial charge in [0.1, 0.15) is 11.4 Å². The number of rotatable bonds is 4. The van der Waals surface area contributed by atoms with Crippen LogP contribution in [0.25, 0.3) is 0 Å². The molecule has 31 heavy (non-hydrogen) atoms. The van der Waals surface area contributed by atoms with E-state index in [1.165, 1.54) is 4.90 Å². The molecule has 172 valence electrons. The summed E-state index contributed by atoms with van der Waals surface area (Å²) in [5.41, 5.74) is 1.50. The van der Waals surface area contributed by atoms with Crippen molar-refractivity contribution in [2.24, 2.45) is 0 Å². The van der Waals surface area contributed by atoms with Gasteiger partial charge in [0, 0.05) is 13.0 Å². The van der Waals surface area contributed by atoms with Crippen LogP contribution < -0.4 is 10.1 Å². The Labute approximate surface area is 180 Å². The highest BCUT2D eigenvalue weighted by Crippen LogP contribution is 2.42. The van der Waals surface area contributed by atoms with Gasteiger partial charge < -0.3 is 19.7 Å². The summed E-state index contributed by atoms with van der Waals surface area (Å²) in [5.74, 6) is 0.293. The lowest BCUT2D eigenvalue weighted by Crippen LogP contribution is -2.41. The first-order valence-electron chi connectivity index (χ1n) is 10.5. The first kappa shape index (κ1) is 23.2. The molecule has 1 aliphatic carbocycles. The van der Waals surface area contributed by atoms with Crippen LogP contribution in [0.4, 0.5) is 23.7 Å². The summed E-state index contributed by atoms with van der Waals surface area (Å²) in [4.78, 5) is 26.3. The molecule has 1 heterocycles. The Kier molecular flexibility index (Phi) is 6.43. The van der Waals surface area contributed by atoms with Crippen LogP contribution in [0.15, 0.2) is 12.1 Å². The van der Waals surface area contributed by atoms with Gasteiger partial charge in [-0.25, -0.2) is 4.79 Å². The summed E-state index contributed by atoms with van der Waals surface area (Å²) < 4.78 is 49.4. The second-order valence-corrected chi connectivity index (χ2v) is 9.10. The predicted molar refractivity (Wildman–Crippen MR) is 109 cm³/mol. The number of hydrogen-bond donors (Lipinski definition) is 1. The van der Waals surface area contributed by atoms with Crippen molar-refractivity contribution >= 4 is 17.7 Å². The van der Waals surface area contributed by atoms with E-state index < -0.39 is 36.4 Å². The molecular weight excluding hydrogens is 413 g/mol. The number of ether oxygens (including phenoxy) is 2. The molecule has 1 N–H and O–H groups in total. The Morgan fingerprint density at radius 1 is 1.29 bits per heavy atom. The number of hydrogen-bond acceptors (Lipinski definition) is 4. The predicted octanol–water partition coefficient (Wildman–Crippen LogP) is 5.36. The van der Waals surface area contributed by atoms with Crippen LogP contribution >= 0.6 is 0 Å². The number of carbonyl (C=O) groups excluding carboxylic acids is 2. The fraction of sp³-hybridized carbons (Fsp3) is 0.636. The van der Waals surface area contributed by atoms with Gasteiger partial charge in [0.2, 0.25) is 0 Å². The van der Waals surface area contributed by atoms with E-state index in [0.717, 1.165) is 24.0 Å². The number of benzene rings is 1. The van der Waals surface area contributed by atoms with Gasteiger partial charge >= 0.3 is 12.3 Å². The van der Waals surface area contributed by atoms with E-state index in [-0.39, 0.29) is 18.9 Å². The molecule has 0 aromatic heterocycles. The maximum atomic E-state index is 12.9. The Hall–Kier alpha value is -2.45. The molecule has 0 spiro atoms. The monoisotopic (exact) mass is 442 g/mol. The van der Waals surface area contributed by atoms with Crippen LogP contribution in [-0.2, 0) is 16.0 Å². The highest BCUT2D eigenvalue weighted by Gasteiger charge is 2.35. The largest absolute Gasteiger partial charge is 0.479 e. The second kappa shape index (κ2) is 8.59. The molecule has 1 aromatic rings. The van der Waals surface area contributed by atoms with Gasteiger partial charge in [-0.05, 0) is 76.6 Å². The molecule has 0 saturated heterocycles. The number of nitrogens with one attached hydrogen (secondary N) is 1. The van der Waals surface area contributed by atoms with Gasteiger partial charge in [0.25, 0.3) is 5.91 Å². The number of fused-ring (bicyclic) bond motifs is 2. The van der Waals surface area contributed by atoms with E-state index in [1.54, 1.807) is 33.8 Å². The fourth-order valence-electron chi connectivity index (χ4n) is 3.95. The van der Waals surface area contributed by atoms with Crippen molar-refractivity contribution in [1.29, 1.82) is 0 Å². The van der Waals surface area contributed by atoms with E-state index in [9.17, 15) is 22.8 Å². The Bertz CT molecular complexity index is 848. The summed E-state index contributed by atoms with van der Waals surface area (Å²) in [6.07, 6.45) is -4.59. The van der Waals surface area contributed by atoms with Crippen LogP contribution in [0.1, 0.15) is 70.5 Å². The Morgan fingerprint density at radius 2 is 2.00 bits per heavy atom. The summed E-state index contributed by atoms with van der Waals surface area (Å²) >= 11 is 0. The minimum atomic E-state index is -4.29. The molecule has 0 saturated carbocycles. The lowest BCUT2D eigenvalue weighted by Gasteiger charge is -2.38. The molecule has 9 heteroatoms. The minimum Gasteiger partial charge on any atom is -0.479 e. The molecule has 1 aliphatic heterocycles. The zero-order valence-corrected chi connectivity index (χ0v) is 18.3. The maximum Gasteiger partial charge on any atom is 0.410 e. The third-order valence-electron chi connectivity index (χ3n) is 5.32. The number of alkyl halides is 3. The number of halogens is 3. The zero-order valence-electron chi connectivity index (χ0n) is 18.3. The van der Waals surface area contributed by atoms with E-state index in [4.69, 9.17) is 9.47 Å². The fourth-order valence-corrected chi connectivity index (χ4v) is 3.95. The molecule has 3 rings (SSSR count). The van der Waals surface area contributed by atoms with E-state index >= 15 is 0 Å². The third-order valence-corrected chi connectivity index (χ3v) is 5.32. The van der Waals surface area contributed by atoms with Gasteiger partial charge in [-0.3, -0.25) is 4.79 Å². The molecule has 2 aliphatic rings. The van der Waals surface area contributed by atoms with Crippen LogP contribution in [-0.4, -0.2) is 41.3 Å². The zero-order chi connectivity index (χ0) is 23.0. The van der Waals surface area contributed by atoms with Crippen molar-refractivity contribution < 1.29 is 32.2 Å². The van der Waals surface area contributed by atoms with Crippen molar-refractivity contribution in [3.63, 3.8) is 0 Å². The van der Waals surface area contributed by atoms with Crippen LogP contribution in [0, 0.1) is 0 Å². The van der Waals surface area contributed by atoms with E-state index in [0.29, 0.717) is 17.9 Å². The van der Waals surface area contributed by atoms with Crippen molar-refractivity contribution in [3.05, 3.63) is 23.3 Å². The average molecular weight is 442 g/mol. The molecule has 2 amide bonds. The quantitative estimate of drug-likeness (QED) is 0.681. The lowest BCUT2D eigenvalue weighted by molar-refractivity contribution is -0.136. The molecular formula is C22H29F3N2O4. The number of nitrogens with zero attached hydrogens (tertiary/aromatic N) is 1. The molecule has 6 nitrogen and oxygen atoms in total. The van der Waals surface area contributed by atoms with Crippen LogP contribution in [0.5, 0.6) is 5.75 Å². The van der Waals surface area contributed by atoms with Crippen molar-refractivity contribution in [1.82, 2.24) is 4.90 Å². The van der Waals surface area contributed by atoms with Gasteiger partial charge in [0.05, 0.1) is 11.7 Å². The number of anilines is 1. The first-order chi connectivity index (χ1) is 14.3. The van der Waals surface area contributed by atoms with E-state index in [1.807, 2.05) is 6.07 Å². The molecule has 2 atom stereocenters. The highest BCUT2D eigenvalue weighted by molar-refractivity contribution is 5.97. The molecule has 0 unspecified atom stereocenters. The molecule has 0 radical (unpaired) electrons. The van der Waals surface area contributed by atoms with Crippen molar-refractivity contribution in [2.45, 2.75) is 83.7 Å². The summed E-state index contributed by atoms with van der Waals surface area (Å²) in [7, 11) is 0. The minimum absolute atomic E-state index is 0.0739. The van der Waals surface area contributed by atoms with Crippen LogP contribution in [0.3, 0.4) is 0 Å².